The molecule has 0 N–H and O–H groups in total. The standard InChI is InChI=1S/C32H44FN5O/c1-22(2)35-16-18-36(19-17-35)30-29(24(5)34-38(30)28-11-9-10-27(33)20-28)21-37(23(3)4)31(39)25-12-14-26(15-13-25)32(6,7)8/h9-15,20,22-23H,16-19,21H2,1-8H3. The highest BCUT2D eigenvalue weighted by Gasteiger charge is 2.29. The summed E-state index contributed by atoms with van der Waals surface area (Å²) in [5.74, 6) is 0.650. The van der Waals surface area contributed by atoms with Gasteiger partial charge in [0.25, 0.3) is 5.91 Å². The molecule has 0 radical (unpaired) electrons. The third-order valence-corrected chi connectivity index (χ3v) is 7.76. The lowest BCUT2D eigenvalue weighted by Gasteiger charge is -2.39. The van der Waals surface area contributed by atoms with Crippen molar-refractivity contribution in [1.29, 1.82) is 0 Å². The van der Waals surface area contributed by atoms with Crippen LogP contribution in [0.1, 0.15) is 75.6 Å². The van der Waals surface area contributed by atoms with Crippen LogP contribution in [0.15, 0.2) is 48.5 Å². The maximum atomic E-state index is 14.3. The van der Waals surface area contributed by atoms with Crippen LogP contribution in [0.25, 0.3) is 5.69 Å². The summed E-state index contributed by atoms with van der Waals surface area (Å²) in [6, 6.07) is 15.0. The zero-order valence-electron chi connectivity index (χ0n) is 24.8. The number of anilines is 1. The Balaban J connectivity index is 1.72. The fourth-order valence-electron chi connectivity index (χ4n) is 5.23. The van der Waals surface area contributed by atoms with Gasteiger partial charge in [-0.1, -0.05) is 39.0 Å². The number of hydrogen-bond donors (Lipinski definition) is 0. The quantitative estimate of drug-likeness (QED) is 0.363. The highest BCUT2D eigenvalue weighted by molar-refractivity contribution is 5.94. The van der Waals surface area contributed by atoms with Crippen LogP contribution >= 0.6 is 0 Å². The molecule has 1 aliphatic heterocycles. The molecule has 1 aromatic heterocycles. The summed E-state index contributed by atoms with van der Waals surface area (Å²) in [4.78, 5) is 20.6. The van der Waals surface area contributed by atoms with Crippen LogP contribution in [0.2, 0.25) is 0 Å². The van der Waals surface area contributed by atoms with E-state index in [2.05, 4.69) is 70.4 Å². The predicted octanol–water partition coefficient (Wildman–Crippen LogP) is 6.20. The average molecular weight is 534 g/mol. The number of piperazine rings is 1. The Morgan fingerprint density at radius 1 is 1.00 bits per heavy atom. The number of nitrogens with zero attached hydrogens (tertiary/aromatic N) is 5. The number of carbonyl (C=O) groups is 1. The van der Waals surface area contributed by atoms with Gasteiger partial charge in [-0.05, 0) is 75.9 Å². The molecule has 1 fully saturated rings. The predicted molar refractivity (Wildman–Crippen MR) is 157 cm³/mol. The topological polar surface area (TPSA) is 44.6 Å². The van der Waals surface area contributed by atoms with Crippen molar-refractivity contribution < 1.29 is 9.18 Å². The maximum absolute atomic E-state index is 14.3. The van der Waals surface area contributed by atoms with Crippen LogP contribution < -0.4 is 4.90 Å². The van der Waals surface area contributed by atoms with E-state index in [0.717, 1.165) is 43.3 Å². The first-order valence-electron chi connectivity index (χ1n) is 14.1. The summed E-state index contributed by atoms with van der Waals surface area (Å²) in [6.45, 7) is 21.1. The zero-order valence-corrected chi connectivity index (χ0v) is 24.8. The van der Waals surface area contributed by atoms with Gasteiger partial charge >= 0.3 is 0 Å². The molecule has 210 valence electrons. The van der Waals surface area contributed by atoms with E-state index in [4.69, 9.17) is 5.10 Å². The van der Waals surface area contributed by atoms with Gasteiger partial charge in [0.05, 0.1) is 17.9 Å². The minimum Gasteiger partial charge on any atom is -0.354 e. The molecule has 3 aromatic rings. The highest BCUT2D eigenvalue weighted by atomic mass is 19.1. The van der Waals surface area contributed by atoms with Crippen molar-refractivity contribution >= 4 is 11.7 Å². The first-order valence-corrected chi connectivity index (χ1v) is 14.1. The first-order chi connectivity index (χ1) is 18.4. The van der Waals surface area contributed by atoms with Crippen LogP contribution in [0.3, 0.4) is 0 Å². The summed E-state index contributed by atoms with van der Waals surface area (Å²) in [6.07, 6.45) is 0. The number of halogens is 1. The van der Waals surface area contributed by atoms with Crippen molar-refractivity contribution in [3.05, 3.63) is 76.7 Å². The smallest absolute Gasteiger partial charge is 0.254 e. The van der Waals surface area contributed by atoms with E-state index < -0.39 is 0 Å². The molecule has 0 spiro atoms. The second kappa shape index (κ2) is 11.5. The molecule has 0 saturated carbocycles. The third kappa shape index (κ3) is 6.35. The van der Waals surface area contributed by atoms with Gasteiger partial charge < -0.3 is 9.80 Å². The zero-order chi connectivity index (χ0) is 28.5. The van der Waals surface area contributed by atoms with Gasteiger partial charge in [0.1, 0.15) is 11.6 Å². The van der Waals surface area contributed by atoms with Gasteiger partial charge in [-0.3, -0.25) is 9.69 Å². The van der Waals surface area contributed by atoms with Crippen LogP contribution in [-0.4, -0.2) is 63.8 Å². The summed E-state index contributed by atoms with van der Waals surface area (Å²) in [5, 5.41) is 4.89. The Morgan fingerprint density at radius 3 is 2.18 bits per heavy atom. The summed E-state index contributed by atoms with van der Waals surface area (Å²) >= 11 is 0. The molecule has 2 aromatic carbocycles. The Bertz CT molecular complexity index is 1280. The van der Waals surface area contributed by atoms with Gasteiger partial charge in [0, 0.05) is 49.4 Å². The molecule has 39 heavy (non-hydrogen) atoms. The van der Waals surface area contributed by atoms with E-state index in [1.165, 1.54) is 17.7 Å². The van der Waals surface area contributed by atoms with Crippen molar-refractivity contribution in [1.82, 2.24) is 19.6 Å². The van der Waals surface area contributed by atoms with E-state index in [1.807, 2.05) is 34.7 Å². The van der Waals surface area contributed by atoms with Crippen LogP contribution in [0.5, 0.6) is 0 Å². The lowest BCUT2D eigenvalue weighted by atomic mass is 9.86. The number of amides is 1. The van der Waals surface area contributed by atoms with E-state index >= 15 is 0 Å². The molecule has 4 rings (SSSR count). The number of benzene rings is 2. The molecule has 7 heteroatoms. The molecular weight excluding hydrogens is 489 g/mol. The van der Waals surface area contributed by atoms with E-state index in [9.17, 15) is 9.18 Å². The minimum atomic E-state index is -0.296. The van der Waals surface area contributed by atoms with Crippen molar-refractivity contribution in [2.45, 2.75) is 79.4 Å². The van der Waals surface area contributed by atoms with Crippen molar-refractivity contribution in [2.75, 3.05) is 31.1 Å². The normalized spacial score (nSPS) is 14.9. The van der Waals surface area contributed by atoms with E-state index in [1.54, 1.807) is 6.07 Å². The number of rotatable bonds is 7. The van der Waals surface area contributed by atoms with Gasteiger partial charge in [0.2, 0.25) is 0 Å². The molecule has 2 heterocycles. The minimum absolute atomic E-state index is 0.000980. The van der Waals surface area contributed by atoms with E-state index in [-0.39, 0.29) is 23.2 Å². The molecule has 1 aliphatic rings. The van der Waals surface area contributed by atoms with Crippen molar-refractivity contribution in [2.24, 2.45) is 0 Å². The molecule has 0 atom stereocenters. The van der Waals surface area contributed by atoms with Gasteiger partial charge in [0.15, 0.2) is 0 Å². The van der Waals surface area contributed by atoms with Crippen LogP contribution in [-0.2, 0) is 12.0 Å². The first kappa shape index (κ1) is 28.8. The molecule has 0 unspecified atom stereocenters. The number of aromatic nitrogens is 2. The van der Waals surface area contributed by atoms with Gasteiger partial charge in [-0.2, -0.15) is 5.10 Å². The largest absolute Gasteiger partial charge is 0.354 e. The summed E-state index contributed by atoms with van der Waals surface area (Å²) in [7, 11) is 0. The molecule has 6 nitrogen and oxygen atoms in total. The van der Waals surface area contributed by atoms with Gasteiger partial charge in [-0.15, -0.1) is 0 Å². The lowest BCUT2D eigenvalue weighted by molar-refractivity contribution is 0.0690. The average Bonchev–Trinajstić information content (AvgIpc) is 3.22. The molecule has 1 amide bonds. The Morgan fingerprint density at radius 2 is 1.64 bits per heavy atom. The van der Waals surface area contributed by atoms with Crippen LogP contribution in [0, 0.1) is 12.7 Å². The third-order valence-electron chi connectivity index (χ3n) is 7.76. The van der Waals surface area contributed by atoms with E-state index in [0.29, 0.717) is 23.8 Å². The van der Waals surface area contributed by atoms with Crippen LogP contribution in [0.4, 0.5) is 10.2 Å². The summed E-state index contributed by atoms with van der Waals surface area (Å²) in [5.41, 5.74) is 4.44. The second-order valence-corrected chi connectivity index (χ2v) is 12.3. The Hall–Kier alpha value is -3.19. The Labute approximate surface area is 233 Å². The fourth-order valence-corrected chi connectivity index (χ4v) is 5.23. The Kier molecular flexibility index (Phi) is 8.50. The second-order valence-electron chi connectivity index (χ2n) is 12.3. The maximum Gasteiger partial charge on any atom is 0.254 e. The molecular formula is C32H44FN5O. The molecule has 0 aliphatic carbocycles. The highest BCUT2D eigenvalue weighted by Crippen LogP contribution is 2.31. The van der Waals surface area contributed by atoms with Crippen molar-refractivity contribution in [3.8, 4) is 5.69 Å². The molecule has 1 saturated heterocycles. The number of aryl methyl sites for hydroxylation is 1. The van der Waals surface area contributed by atoms with Gasteiger partial charge in [-0.25, -0.2) is 9.07 Å². The monoisotopic (exact) mass is 533 g/mol. The molecule has 0 bridgehead atoms. The SMILES string of the molecule is Cc1nn(-c2cccc(F)c2)c(N2CCN(C(C)C)CC2)c1CN(C(=O)c1ccc(C(C)(C)C)cc1)C(C)C. The lowest BCUT2D eigenvalue weighted by Crippen LogP contribution is -2.49. The van der Waals surface area contributed by atoms with Crippen molar-refractivity contribution in [3.63, 3.8) is 0 Å². The fraction of sp³-hybridized carbons (Fsp3) is 0.500. The number of carbonyl (C=O) groups excluding carboxylic acids is 1. The summed E-state index contributed by atoms with van der Waals surface area (Å²) < 4.78 is 16.1. The number of hydrogen-bond acceptors (Lipinski definition) is 4.